The van der Waals surface area contributed by atoms with E-state index in [-0.39, 0.29) is 11.5 Å². The Hall–Kier alpha value is -2.63. The number of aliphatic hydroxyl groups excluding tert-OH is 1. The minimum absolute atomic E-state index is 0.134. The Balaban J connectivity index is 1.84. The summed E-state index contributed by atoms with van der Waals surface area (Å²) in [6.45, 7) is 5.54. The van der Waals surface area contributed by atoms with Gasteiger partial charge in [0, 0.05) is 17.1 Å². The topological polar surface area (TPSA) is 60.3 Å². The molecule has 0 amide bonds. The second-order valence-electron chi connectivity index (χ2n) is 8.87. The Morgan fingerprint density at radius 3 is 2.53 bits per heavy atom. The monoisotopic (exact) mass is 405 g/mol. The van der Waals surface area contributed by atoms with Crippen molar-refractivity contribution < 1.29 is 19.3 Å². The van der Waals surface area contributed by atoms with Gasteiger partial charge in [-0.1, -0.05) is 54.6 Å². The van der Waals surface area contributed by atoms with Crippen LogP contribution in [-0.2, 0) is 19.6 Å². The lowest BCUT2D eigenvalue weighted by Gasteiger charge is -2.46. The Morgan fingerprint density at radius 2 is 1.83 bits per heavy atom. The minimum Gasteiger partial charge on any atom is -0.496 e. The van der Waals surface area contributed by atoms with Gasteiger partial charge in [-0.3, -0.25) is 0 Å². The molecule has 5 nitrogen and oxygen atoms in total. The van der Waals surface area contributed by atoms with E-state index in [0.717, 1.165) is 28.0 Å². The highest BCUT2D eigenvalue weighted by Gasteiger charge is 2.60. The second kappa shape index (κ2) is 6.96. The van der Waals surface area contributed by atoms with E-state index in [1.54, 1.807) is 7.11 Å². The molecule has 1 unspecified atom stereocenters. The highest BCUT2D eigenvalue weighted by Crippen LogP contribution is 2.56. The molecule has 0 spiro atoms. The molecule has 3 atom stereocenters. The molecule has 1 saturated heterocycles. The summed E-state index contributed by atoms with van der Waals surface area (Å²) in [5, 5.41) is 12.0. The number of hydrogen-bond donors (Lipinski definition) is 1. The number of fused-ring (bicyclic) bond motifs is 2. The van der Waals surface area contributed by atoms with Crippen molar-refractivity contribution in [2.75, 3.05) is 26.9 Å². The molecular formula is C25H27NO4. The van der Waals surface area contributed by atoms with Crippen molar-refractivity contribution >= 4 is 11.7 Å². The van der Waals surface area contributed by atoms with Gasteiger partial charge in [-0.2, -0.15) is 0 Å². The third kappa shape index (κ3) is 2.65. The second-order valence-corrected chi connectivity index (χ2v) is 8.87. The Bertz CT molecular complexity index is 1030. The zero-order valence-electron chi connectivity index (χ0n) is 17.6. The van der Waals surface area contributed by atoms with Crippen LogP contribution in [0.25, 0.3) is 5.76 Å². The molecule has 1 N–H and O–H groups in total. The quantitative estimate of drug-likeness (QED) is 0.839. The van der Waals surface area contributed by atoms with Crippen LogP contribution in [0.3, 0.4) is 0 Å². The first-order valence-corrected chi connectivity index (χ1v) is 10.4. The standard InChI is InChI=1S/C25H27NO4/c1-24(2)15-30-23(26-24)25(22(27)16-9-5-4-6-10-16)19-12-8-7-11-17(19)21(28-3)18-13-29-14-20(18)25/h4-12,20,22,27H,13-15H2,1-3H3/t20-,22?,25+/m0/s1. The van der Waals surface area contributed by atoms with Crippen LogP contribution in [0.5, 0.6) is 0 Å². The van der Waals surface area contributed by atoms with Crippen molar-refractivity contribution in [3.63, 3.8) is 0 Å². The largest absolute Gasteiger partial charge is 0.496 e. The fourth-order valence-corrected chi connectivity index (χ4v) is 5.18. The number of aliphatic hydroxyl groups is 1. The van der Waals surface area contributed by atoms with Gasteiger partial charge in [0.15, 0.2) is 5.90 Å². The van der Waals surface area contributed by atoms with Crippen LogP contribution in [0.2, 0.25) is 0 Å². The van der Waals surface area contributed by atoms with Crippen LogP contribution in [0.1, 0.15) is 36.6 Å². The molecule has 2 heterocycles. The van der Waals surface area contributed by atoms with Crippen LogP contribution >= 0.6 is 0 Å². The minimum atomic E-state index is -0.889. The van der Waals surface area contributed by atoms with Crippen LogP contribution in [0.4, 0.5) is 0 Å². The number of rotatable bonds is 4. The normalized spacial score (nSPS) is 27.7. The number of nitrogens with zero attached hydrogens (tertiary/aromatic N) is 1. The third-order valence-corrected chi connectivity index (χ3v) is 6.49. The molecule has 2 aromatic carbocycles. The first-order chi connectivity index (χ1) is 14.5. The summed E-state index contributed by atoms with van der Waals surface area (Å²) in [4.78, 5) is 4.99. The van der Waals surface area contributed by atoms with E-state index in [0.29, 0.717) is 25.7 Å². The summed E-state index contributed by atoms with van der Waals surface area (Å²) in [5.41, 5.74) is 2.58. The lowest BCUT2D eigenvalue weighted by molar-refractivity contribution is 0.0619. The van der Waals surface area contributed by atoms with Crippen molar-refractivity contribution in [2.24, 2.45) is 10.9 Å². The lowest BCUT2D eigenvalue weighted by atomic mass is 9.59. The fraction of sp³-hybridized carbons (Fsp3) is 0.400. The van der Waals surface area contributed by atoms with E-state index < -0.39 is 11.5 Å². The molecule has 1 aliphatic carbocycles. The van der Waals surface area contributed by atoms with E-state index in [1.165, 1.54) is 0 Å². The zero-order valence-corrected chi connectivity index (χ0v) is 17.6. The first kappa shape index (κ1) is 19.3. The maximum absolute atomic E-state index is 12.0. The molecule has 0 saturated carbocycles. The predicted molar refractivity (Wildman–Crippen MR) is 115 cm³/mol. The van der Waals surface area contributed by atoms with E-state index in [2.05, 4.69) is 19.9 Å². The average molecular weight is 405 g/mol. The van der Waals surface area contributed by atoms with Crippen molar-refractivity contribution in [1.82, 2.24) is 0 Å². The van der Waals surface area contributed by atoms with Gasteiger partial charge in [0.05, 0.1) is 32.0 Å². The Labute approximate surface area is 177 Å². The highest BCUT2D eigenvalue weighted by atomic mass is 16.5. The van der Waals surface area contributed by atoms with Gasteiger partial charge in [-0.15, -0.1) is 0 Å². The summed E-state index contributed by atoms with van der Waals surface area (Å²) < 4.78 is 18.1. The fourth-order valence-electron chi connectivity index (χ4n) is 5.18. The Kier molecular flexibility index (Phi) is 4.49. The third-order valence-electron chi connectivity index (χ3n) is 6.49. The number of hydrogen-bond acceptors (Lipinski definition) is 5. The van der Waals surface area contributed by atoms with E-state index >= 15 is 0 Å². The highest BCUT2D eigenvalue weighted by molar-refractivity contribution is 5.95. The summed E-state index contributed by atoms with van der Waals surface area (Å²) in [5.74, 6) is 1.28. The summed E-state index contributed by atoms with van der Waals surface area (Å²) in [7, 11) is 1.70. The van der Waals surface area contributed by atoms with Crippen molar-refractivity contribution in [3.8, 4) is 0 Å². The van der Waals surface area contributed by atoms with Crippen LogP contribution < -0.4 is 0 Å². The molecule has 0 aromatic heterocycles. The first-order valence-electron chi connectivity index (χ1n) is 10.4. The number of benzene rings is 2. The van der Waals surface area contributed by atoms with E-state index in [4.69, 9.17) is 19.2 Å². The SMILES string of the molecule is COC1=C2COC[C@@H]2[C@@](C2=NC(C)(C)CO2)(C(O)c2ccccc2)c2ccccc21. The van der Waals surface area contributed by atoms with Crippen LogP contribution in [0.15, 0.2) is 65.2 Å². The summed E-state index contributed by atoms with van der Waals surface area (Å²) in [6, 6.07) is 17.9. The summed E-state index contributed by atoms with van der Waals surface area (Å²) >= 11 is 0. The van der Waals surface area contributed by atoms with E-state index in [9.17, 15) is 5.11 Å². The lowest BCUT2D eigenvalue weighted by Crippen LogP contribution is -2.51. The van der Waals surface area contributed by atoms with Gasteiger partial charge in [0.25, 0.3) is 0 Å². The smallest absolute Gasteiger partial charge is 0.198 e. The van der Waals surface area contributed by atoms with Gasteiger partial charge in [0.2, 0.25) is 0 Å². The van der Waals surface area contributed by atoms with Crippen LogP contribution in [0, 0.1) is 5.92 Å². The zero-order chi connectivity index (χ0) is 20.9. The average Bonchev–Trinajstić information content (AvgIpc) is 3.39. The molecule has 156 valence electrons. The van der Waals surface area contributed by atoms with Gasteiger partial charge < -0.3 is 19.3 Å². The van der Waals surface area contributed by atoms with Crippen molar-refractivity contribution in [2.45, 2.75) is 30.9 Å². The molecule has 0 radical (unpaired) electrons. The molecule has 0 bridgehead atoms. The van der Waals surface area contributed by atoms with Gasteiger partial charge in [-0.05, 0) is 25.0 Å². The molecule has 3 aliphatic rings. The van der Waals surface area contributed by atoms with Gasteiger partial charge >= 0.3 is 0 Å². The molecule has 30 heavy (non-hydrogen) atoms. The molecule has 5 rings (SSSR count). The molecular weight excluding hydrogens is 378 g/mol. The molecule has 5 heteroatoms. The van der Waals surface area contributed by atoms with Crippen molar-refractivity contribution in [3.05, 3.63) is 76.9 Å². The number of aliphatic imine (C=N–C) groups is 1. The Morgan fingerprint density at radius 1 is 1.10 bits per heavy atom. The molecule has 1 fully saturated rings. The maximum atomic E-state index is 12.0. The van der Waals surface area contributed by atoms with Gasteiger partial charge in [0.1, 0.15) is 17.8 Å². The van der Waals surface area contributed by atoms with Crippen molar-refractivity contribution in [1.29, 1.82) is 0 Å². The number of methoxy groups -OCH3 is 1. The molecule has 2 aromatic rings. The maximum Gasteiger partial charge on any atom is 0.198 e. The summed E-state index contributed by atoms with van der Waals surface area (Å²) in [6.07, 6.45) is -0.854. The number of ether oxygens (including phenoxy) is 3. The van der Waals surface area contributed by atoms with Crippen LogP contribution in [-0.4, -0.2) is 43.5 Å². The molecule has 2 aliphatic heterocycles. The predicted octanol–water partition coefficient (Wildman–Crippen LogP) is 3.88. The van der Waals surface area contributed by atoms with E-state index in [1.807, 2.05) is 48.5 Å². The van der Waals surface area contributed by atoms with Gasteiger partial charge in [-0.25, -0.2) is 4.99 Å².